The number of carbonyl (C=O) groups excluding carboxylic acids is 2. The maximum atomic E-state index is 12.0. The first-order chi connectivity index (χ1) is 8.11. The molecular formula is C12H23N3O3. The van der Waals surface area contributed by atoms with Crippen LogP contribution in [-0.2, 0) is 9.53 Å². The van der Waals surface area contributed by atoms with E-state index in [1.54, 1.807) is 34.9 Å². The second-order valence-corrected chi connectivity index (χ2v) is 5.88. The number of carbonyl (C=O) groups is 2. The first kappa shape index (κ1) is 14.8. The van der Waals surface area contributed by atoms with Crippen LogP contribution >= 0.6 is 0 Å². The highest BCUT2D eigenvalue weighted by Crippen LogP contribution is 2.21. The molecule has 6 heteroatoms. The maximum Gasteiger partial charge on any atom is 0.411 e. The molecule has 2 amide bonds. The van der Waals surface area contributed by atoms with Gasteiger partial charge in [0.2, 0.25) is 5.91 Å². The van der Waals surface area contributed by atoms with Gasteiger partial charge in [-0.2, -0.15) is 0 Å². The summed E-state index contributed by atoms with van der Waals surface area (Å²) in [7, 11) is 3.33. The molecule has 0 radical (unpaired) electrons. The summed E-state index contributed by atoms with van der Waals surface area (Å²) in [5, 5.41) is 0. The van der Waals surface area contributed by atoms with E-state index in [0.29, 0.717) is 13.0 Å². The molecule has 1 rings (SSSR count). The van der Waals surface area contributed by atoms with Crippen LogP contribution in [0.2, 0.25) is 0 Å². The van der Waals surface area contributed by atoms with Crippen molar-refractivity contribution in [1.82, 2.24) is 9.80 Å². The summed E-state index contributed by atoms with van der Waals surface area (Å²) in [5.41, 5.74) is 5.26. The van der Waals surface area contributed by atoms with Gasteiger partial charge in [0.25, 0.3) is 0 Å². The van der Waals surface area contributed by atoms with Gasteiger partial charge in [0, 0.05) is 26.7 Å². The van der Waals surface area contributed by atoms with Crippen molar-refractivity contribution in [3.63, 3.8) is 0 Å². The molecule has 18 heavy (non-hydrogen) atoms. The summed E-state index contributed by atoms with van der Waals surface area (Å²) >= 11 is 0. The number of hydrogen-bond donors (Lipinski definition) is 1. The third-order valence-corrected chi connectivity index (χ3v) is 2.69. The van der Waals surface area contributed by atoms with Crippen LogP contribution in [0, 0.1) is 0 Å². The highest BCUT2D eigenvalue weighted by Gasteiger charge is 2.40. The van der Waals surface area contributed by atoms with Gasteiger partial charge < -0.3 is 15.4 Å². The zero-order valence-electron chi connectivity index (χ0n) is 11.8. The molecule has 1 aliphatic heterocycles. The van der Waals surface area contributed by atoms with Gasteiger partial charge in [-0.05, 0) is 27.2 Å². The average Bonchev–Trinajstić information content (AvgIpc) is 2.56. The predicted octanol–water partition coefficient (Wildman–Crippen LogP) is 0.411. The van der Waals surface area contributed by atoms with Crippen molar-refractivity contribution in [3.05, 3.63) is 0 Å². The second kappa shape index (κ2) is 5.14. The highest BCUT2D eigenvalue weighted by molar-refractivity contribution is 5.86. The number of nitrogens with two attached hydrogens (primary N) is 1. The Hall–Kier alpha value is -1.30. The van der Waals surface area contributed by atoms with Gasteiger partial charge in [0.1, 0.15) is 11.6 Å². The maximum absolute atomic E-state index is 12.0. The number of nitrogens with zero attached hydrogens (tertiary/aromatic N) is 2. The van der Waals surface area contributed by atoms with E-state index in [1.165, 1.54) is 9.80 Å². The summed E-state index contributed by atoms with van der Waals surface area (Å²) in [6, 6.07) is -0.684. The minimum Gasteiger partial charge on any atom is -0.444 e. The van der Waals surface area contributed by atoms with Crippen molar-refractivity contribution in [2.24, 2.45) is 5.73 Å². The minimum atomic E-state index is -0.574. The Morgan fingerprint density at radius 1 is 1.33 bits per heavy atom. The van der Waals surface area contributed by atoms with Crippen molar-refractivity contribution in [2.75, 3.05) is 20.6 Å². The molecule has 1 aliphatic rings. The molecule has 0 saturated carbocycles. The van der Waals surface area contributed by atoms with Crippen LogP contribution < -0.4 is 5.73 Å². The largest absolute Gasteiger partial charge is 0.444 e. The van der Waals surface area contributed by atoms with Crippen molar-refractivity contribution in [1.29, 1.82) is 0 Å². The SMILES string of the molecule is CN(C)C(=O)[C@@H]1C[C@@H](N)CN1C(=O)OC(C)(C)C. The smallest absolute Gasteiger partial charge is 0.411 e. The Balaban J connectivity index is 2.79. The molecule has 2 atom stereocenters. The second-order valence-electron chi connectivity index (χ2n) is 5.88. The van der Waals surface area contributed by atoms with E-state index < -0.39 is 17.7 Å². The van der Waals surface area contributed by atoms with E-state index in [0.717, 1.165) is 0 Å². The molecule has 1 saturated heterocycles. The van der Waals surface area contributed by atoms with E-state index in [1.807, 2.05) is 0 Å². The number of likely N-dealkylation sites (tertiary alicyclic amines) is 1. The highest BCUT2D eigenvalue weighted by atomic mass is 16.6. The summed E-state index contributed by atoms with van der Waals surface area (Å²) in [5.74, 6) is -0.117. The quantitative estimate of drug-likeness (QED) is 0.738. The molecule has 0 aromatic rings. The fourth-order valence-corrected chi connectivity index (χ4v) is 1.92. The number of hydrogen-bond acceptors (Lipinski definition) is 4. The lowest BCUT2D eigenvalue weighted by Crippen LogP contribution is -2.47. The fraction of sp³-hybridized carbons (Fsp3) is 0.833. The van der Waals surface area contributed by atoms with Crippen LogP contribution in [0.4, 0.5) is 4.79 Å². The summed E-state index contributed by atoms with van der Waals surface area (Å²) < 4.78 is 5.29. The first-order valence-corrected chi connectivity index (χ1v) is 6.08. The lowest BCUT2D eigenvalue weighted by Gasteiger charge is -2.29. The first-order valence-electron chi connectivity index (χ1n) is 6.08. The van der Waals surface area contributed by atoms with Crippen LogP contribution in [0.3, 0.4) is 0 Å². The van der Waals surface area contributed by atoms with Gasteiger partial charge in [-0.15, -0.1) is 0 Å². The number of likely N-dealkylation sites (N-methyl/N-ethyl adjacent to an activating group) is 1. The molecular weight excluding hydrogens is 234 g/mol. The topological polar surface area (TPSA) is 75.9 Å². The molecule has 1 heterocycles. The summed E-state index contributed by atoms with van der Waals surface area (Å²) in [6.45, 7) is 5.75. The number of rotatable bonds is 1. The molecule has 0 aromatic carbocycles. The average molecular weight is 257 g/mol. The van der Waals surface area contributed by atoms with Crippen molar-refractivity contribution in [3.8, 4) is 0 Å². The van der Waals surface area contributed by atoms with Crippen molar-refractivity contribution >= 4 is 12.0 Å². The molecule has 0 aliphatic carbocycles. The number of amides is 2. The zero-order chi connectivity index (χ0) is 14.1. The fourth-order valence-electron chi connectivity index (χ4n) is 1.92. The van der Waals surface area contributed by atoms with Crippen LogP contribution in [0.1, 0.15) is 27.2 Å². The zero-order valence-corrected chi connectivity index (χ0v) is 11.8. The van der Waals surface area contributed by atoms with Crippen molar-refractivity contribution < 1.29 is 14.3 Å². The minimum absolute atomic E-state index is 0.117. The summed E-state index contributed by atoms with van der Waals surface area (Å²) in [6.07, 6.45) is 0.00615. The molecule has 1 fully saturated rings. The van der Waals surface area contributed by atoms with Crippen LogP contribution in [0.25, 0.3) is 0 Å². The Kier molecular flexibility index (Phi) is 4.21. The number of ether oxygens (including phenoxy) is 1. The normalized spacial score (nSPS) is 24.0. The van der Waals surface area contributed by atoms with Crippen LogP contribution in [0.15, 0.2) is 0 Å². The Morgan fingerprint density at radius 2 is 1.89 bits per heavy atom. The molecule has 0 unspecified atom stereocenters. The molecule has 0 spiro atoms. The van der Waals surface area contributed by atoms with Gasteiger partial charge in [0.05, 0.1) is 0 Å². The predicted molar refractivity (Wildman–Crippen MR) is 68.0 cm³/mol. The van der Waals surface area contributed by atoms with E-state index >= 15 is 0 Å². The van der Waals surface area contributed by atoms with E-state index in [2.05, 4.69) is 0 Å². The lowest BCUT2D eigenvalue weighted by molar-refractivity contribution is -0.133. The van der Waals surface area contributed by atoms with Gasteiger partial charge in [0.15, 0.2) is 0 Å². The van der Waals surface area contributed by atoms with Gasteiger partial charge in [-0.1, -0.05) is 0 Å². The van der Waals surface area contributed by atoms with Gasteiger partial charge in [-0.25, -0.2) is 4.79 Å². The lowest BCUT2D eigenvalue weighted by atomic mass is 10.1. The van der Waals surface area contributed by atoms with Gasteiger partial charge in [-0.3, -0.25) is 9.69 Å². The standard InChI is InChI=1S/C12H23N3O3/c1-12(2,3)18-11(17)15-7-8(13)6-9(15)10(16)14(4)5/h8-9H,6-7,13H2,1-5H3/t8-,9+/m1/s1. The van der Waals surface area contributed by atoms with Crippen LogP contribution in [0.5, 0.6) is 0 Å². The van der Waals surface area contributed by atoms with E-state index in [9.17, 15) is 9.59 Å². The Labute approximate surface area is 108 Å². The molecule has 2 N–H and O–H groups in total. The Morgan fingerprint density at radius 3 is 2.33 bits per heavy atom. The van der Waals surface area contributed by atoms with E-state index in [4.69, 9.17) is 10.5 Å². The molecule has 0 bridgehead atoms. The van der Waals surface area contributed by atoms with E-state index in [-0.39, 0.29) is 11.9 Å². The van der Waals surface area contributed by atoms with Gasteiger partial charge >= 0.3 is 6.09 Å². The molecule has 0 aromatic heterocycles. The Bertz CT molecular complexity index is 336. The van der Waals surface area contributed by atoms with Crippen LogP contribution in [-0.4, -0.2) is 60.1 Å². The summed E-state index contributed by atoms with van der Waals surface area (Å²) in [4.78, 5) is 26.9. The van der Waals surface area contributed by atoms with Crippen molar-refractivity contribution in [2.45, 2.75) is 44.9 Å². The third kappa shape index (κ3) is 3.60. The monoisotopic (exact) mass is 257 g/mol. The third-order valence-electron chi connectivity index (χ3n) is 2.69. The molecule has 6 nitrogen and oxygen atoms in total. The molecule has 104 valence electrons.